The van der Waals surface area contributed by atoms with Crippen LogP contribution in [0.3, 0.4) is 0 Å². The first-order valence-electron chi connectivity index (χ1n) is 8.09. The number of halogens is 3. The summed E-state index contributed by atoms with van der Waals surface area (Å²) >= 11 is 0. The molecule has 2 rings (SSSR count). The van der Waals surface area contributed by atoms with Crippen molar-refractivity contribution in [3.8, 4) is 0 Å². The molecule has 0 unspecified atom stereocenters. The highest BCUT2D eigenvalue weighted by Gasteiger charge is 2.29. The number of benzene rings is 2. The Morgan fingerprint density at radius 2 is 1.46 bits per heavy atom. The molecule has 2 aromatic rings. The number of carbonyl (C=O) groups is 2. The van der Waals surface area contributed by atoms with E-state index in [1.807, 2.05) is 19.1 Å². The van der Waals surface area contributed by atoms with Gasteiger partial charge in [-0.3, -0.25) is 9.59 Å². The third-order valence-electron chi connectivity index (χ3n) is 3.80. The average Bonchev–Trinajstić information content (AvgIpc) is 2.64. The molecule has 2 amide bonds. The lowest BCUT2D eigenvalue weighted by Gasteiger charge is -2.09. The summed E-state index contributed by atoms with van der Waals surface area (Å²) in [6, 6.07) is 11.6. The van der Waals surface area contributed by atoms with Crippen LogP contribution in [0, 0.1) is 0 Å². The first-order chi connectivity index (χ1) is 12.3. The van der Waals surface area contributed by atoms with Crippen LogP contribution in [0.25, 0.3) is 0 Å². The Morgan fingerprint density at radius 3 is 2.00 bits per heavy atom. The molecule has 26 heavy (non-hydrogen) atoms. The number of amides is 2. The van der Waals surface area contributed by atoms with E-state index in [1.165, 1.54) is 12.1 Å². The highest BCUT2D eigenvalue weighted by Crippen LogP contribution is 2.28. The first-order valence-corrected chi connectivity index (χ1v) is 8.09. The second kappa shape index (κ2) is 8.51. The number of hydrogen-bond acceptors (Lipinski definition) is 2. The van der Waals surface area contributed by atoms with Crippen LogP contribution < -0.4 is 10.6 Å². The summed E-state index contributed by atoms with van der Waals surface area (Å²) in [5, 5.41) is 5.05. The van der Waals surface area contributed by atoms with Crippen LogP contribution in [0.1, 0.15) is 34.0 Å². The number of carbonyl (C=O) groups excluding carboxylic acids is 2. The molecule has 0 aliphatic heterocycles. The van der Waals surface area contributed by atoms with Crippen LogP contribution in [0.15, 0.2) is 48.5 Å². The zero-order valence-corrected chi connectivity index (χ0v) is 14.2. The lowest BCUT2D eigenvalue weighted by molar-refractivity contribution is -0.137. The van der Waals surface area contributed by atoms with Gasteiger partial charge in [-0.1, -0.05) is 31.2 Å². The topological polar surface area (TPSA) is 58.2 Å². The Labute approximate surface area is 149 Å². The van der Waals surface area contributed by atoms with Crippen LogP contribution in [0.5, 0.6) is 0 Å². The standard InChI is InChI=1S/C19H19F3N2O2/c1-2-13-3-7-15(8-4-13)18(26)24-12-17(25)23-11-14-5-9-16(10-6-14)19(20,21)22/h3-10H,2,11-12H2,1H3,(H,23,25)(H,24,26). The van der Waals surface area contributed by atoms with Crippen molar-refractivity contribution in [3.63, 3.8) is 0 Å². The number of rotatable bonds is 6. The lowest BCUT2D eigenvalue weighted by Crippen LogP contribution is -2.36. The van der Waals surface area contributed by atoms with Crippen molar-refractivity contribution in [2.24, 2.45) is 0 Å². The summed E-state index contributed by atoms with van der Waals surface area (Å²) < 4.78 is 37.4. The van der Waals surface area contributed by atoms with E-state index in [4.69, 9.17) is 0 Å². The number of hydrogen-bond donors (Lipinski definition) is 2. The van der Waals surface area contributed by atoms with E-state index < -0.39 is 17.6 Å². The fourth-order valence-corrected chi connectivity index (χ4v) is 2.23. The van der Waals surface area contributed by atoms with Crippen LogP contribution in [0.4, 0.5) is 13.2 Å². The fourth-order valence-electron chi connectivity index (χ4n) is 2.23. The fraction of sp³-hybridized carbons (Fsp3) is 0.263. The molecular formula is C19H19F3N2O2. The first kappa shape index (κ1) is 19.5. The van der Waals surface area contributed by atoms with Gasteiger partial charge in [0.1, 0.15) is 0 Å². The third kappa shape index (κ3) is 5.61. The molecule has 0 aromatic heterocycles. The van der Waals surface area contributed by atoms with Crippen molar-refractivity contribution >= 4 is 11.8 Å². The maximum absolute atomic E-state index is 12.5. The molecule has 0 aliphatic carbocycles. The molecule has 2 aromatic carbocycles. The average molecular weight is 364 g/mol. The van der Waals surface area contributed by atoms with Crippen LogP contribution >= 0.6 is 0 Å². The second-order valence-electron chi connectivity index (χ2n) is 5.70. The van der Waals surface area contributed by atoms with Crippen molar-refractivity contribution in [2.45, 2.75) is 26.1 Å². The molecule has 0 radical (unpaired) electrons. The summed E-state index contributed by atoms with van der Waals surface area (Å²) in [6.45, 7) is 1.88. The summed E-state index contributed by atoms with van der Waals surface area (Å²) in [5.41, 5.74) is 1.36. The quantitative estimate of drug-likeness (QED) is 0.826. The maximum atomic E-state index is 12.5. The number of aryl methyl sites for hydroxylation is 1. The van der Waals surface area contributed by atoms with Crippen molar-refractivity contribution in [1.82, 2.24) is 10.6 Å². The third-order valence-corrected chi connectivity index (χ3v) is 3.80. The predicted molar refractivity (Wildman–Crippen MR) is 91.4 cm³/mol. The van der Waals surface area contributed by atoms with E-state index in [0.29, 0.717) is 11.1 Å². The molecular weight excluding hydrogens is 345 g/mol. The van der Waals surface area contributed by atoms with Gasteiger partial charge in [0.15, 0.2) is 0 Å². The Hall–Kier alpha value is -2.83. The van der Waals surface area contributed by atoms with Gasteiger partial charge in [-0.15, -0.1) is 0 Å². The molecule has 0 atom stereocenters. The minimum Gasteiger partial charge on any atom is -0.350 e. The van der Waals surface area contributed by atoms with Gasteiger partial charge < -0.3 is 10.6 Å². The Morgan fingerprint density at radius 1 is 0.885 bits per heavy atom. The summed E-state index contributed by atoms with van der Waals surface area (Å²) in [5.74, 6) is -0.791. The van der Waals surface area contributed by atoms with E-state index in [2.05, 4.69) is 10.6 Å². The van der Waals surface area contributed by atoms with Gasteiger partial charge in [0.05, 0.1) is 12.1 Å². The SMILES string of the molecule is CCc1ccc(C(=O)NCC(=O)NCc2ccc(C(F)(F)F)cc2)cc1. The molecule has 138 valence electrons. The molecule has 2 N–H and O–H groups in total. The Kier molecular flexibility index (Phi) is 6.38. The molecule has 0 bridgehead atoms. The van der Waals surface area contributed by atoms with Crippen molar-refractivity contribution < 1.29 is 22.8 Å². The van der Waals surface area contributed by atoms with E-state index in [-0.39, 0.29) is 19.0 Å². The van der Waals surface area contributed by atoms with Crippen LogP contribution in [-0.2, 0) is 23.9 Å². The molecule has 0 fully saturated rings. The van der Waals surface area contributed by atoms with E-state index in [0.717, 1.165) is 24.1 Å². The Bertz CT molecular complexity index is 754. The molecule has 0 aliphatic rings. The van der Waals surface area contributed by atoms with Gasteiger partial charge in [-0.2, -0.15) is 13.2 Å². The maximum Gasteiger partial charge on any atom is 0.416 e. The molecule has 4 nitrogen and oxygen atoms in total. The van der Waals surface area contributed by atoms with Crippen molar-refractivity contribution in [2.75, 3.05) is 6.54 Å². The smallest absolute Gasteiger partial charge is 0.350 e. The van der Waals surface area contributed by atoms with Gasteiger partial charge in [-0.25, -0.2) is 0 Å². The van der Waals surface area contributed by atoms with Gasteiger partial charge in [0, 0.05) is 12.1 Å². The molecule has 0 saturated carbocycles. The second-order valence-corrected chi connectivity index (χ2v) is 5.70. The van der Waals surface area contributed by atoms with Crippen LogP contribution in [-0.4, -0.2) is 18.4 Å². The van der Waals surface area contributed by atoms with E-state index in [9.17, 15) is 22.8 Å². The molecule has 0 heterocycles. The van der Waals surface area contributed by atoms with Crippen molar-refractivity contribution in [1.29, 1.82) is 0 Å². The van der Waals surface area contributed by atoms with Gasteiger partial charge in [-0.05, 0) is 41.8 Å². The van der Waals surface area contributed by atoms with Gasteiger partial charge >= 0.3 is 6.18 Å². The van der Waals surface area contributed by atoms with Crippen molar-refractivity contribution in [3.05, 3.63) is 70.8 Å². The largest absolute Gasteiger partial charge is 0.416 e. The number of nitrogens with one attached hydrogen (secondary N) is 2. The zero-order chi connectivity index (χ0) is 19.2. The number of alkyl halides is 3. The molecule has 0 spiro atoms. The van der Waals surface area contributed by atoms with Gasteiger partial charge in [0.2, 0.25) is 5.91 Å². The van der Waals surface area contributed by atoms with Gasteiger partial charge in [0.25, 0.3) is 5.91 Å². The predicted octanol–water partition coefficient (Wildman–Crippen LogP) is 3.31. The highest BCUT2D eigenvalue weighted by atomic mass is 19.4. The van der Waals surface area contributed by atoms with E-state index >= 15 is 0 Å². The molecule has 0 saturated heterocycles. The summed E-state index contributed by atoms with van der Waals surface area (Å²) in [7, 11) is 0. The zero-order valence-electron chi connectivity index (χ0n) is 14.2. The summed E-state index contributed by atoms with van der Waals surface area (Å²) in [4.78, 5) is 23.7. The normalized spacial score (nSPS) is 11.1. The monoisotopic (exact) mass is 364 g/mol. The van der Waals surface area contributed by atoms with Crippen LogP contribution in [0.2, 0.25) is 0 Å². The minimum atomic E-state index is -4.39. The molecule has 7 heteroatoms. The van der Waals surface area contributed by atoms with E-state index in [1.54, 1.807) is 12.1 Å². The summed E-state index contributed by atoms with van der Waals surface area (Å²) in [6.07, 6.45) is -3.52. The highest BCUT2D eigenvalue weighted by molar-refractivity contribution is 5.96. The Balaban J connectivity index is 1.78. The lowest BCUT2D eigenvalue weighted by atomic mass is 10.1. The minimum absolute atomic E-state index is 0.0814.